The van der Waals surface area contributed by atoms with Crippen LogP contribution in [0.25, 0.3) is 0 Å². The van der Waals surface area contributed by atoms with Crippen molar-refractivity contribution in [2.24, 2.45) is 16.6 Å². The molecule has 1 aromatic heterocycles. The van der Waals surface area contributed by atoms with Crippen LogP contribution in [-0.2, 0) is 13.0 Å². The van der Waals surface area contributed by atoms with Gasteiger partial charge in [0.1, 0.15) is 0 Å². The van der Waals surface area contributed by atoms with Crippen LogP contribution in [0.4, 0.5) is 0 Å². The van der Waals surface area contributed by atoms with Gasteiger partial charge in [-0.3, -0.25) is 9.89 Å². The number of halogens is 1. The van der Waals surface area contributed by atoms with E-state index >= 15 is 0 Å². The smallest absolute Gasteiger partial charge is 0.191 e. The Morgan fingerprint density at radius 1 is 1.36 bits per heavy atom. The summed E-state index contributed by atoms with van der Waals surface area (Å²) >= 11 is 1.89. The first-order chi connectivity index (χ1) is 10.2. The second-order valence-corrected chi connectivity index (χ2v) is 7.31. The van der Waals surface area contributed by atoms with Crippen LogP contribution in [-0.4, -0.2) is 48.5 Å². The molecular weight excluding hydrogens is 407 g/mol. The fraction of sp³-hybridized carbons (Fsp3) is 0.688. The van der Waals surface area contributed by atoms with E-state index in [0.717, 1.165) is 51.1 Å². The lowest BCUT2D eigenvalue weighted by Gasteiger charge is -2.31. The van der Waals surface area contributed by atoms with E-state index in [0.29, 0.717) is 0 Å². The molecule has 0 radical (unpaired) electrons. The summed E-state index contributed by atoms with van der Waals surface area (Å²) in [6.07, 6.45) is 3.67. The van der Waals surface area contributed by atoms with Gasteiger partial charge in [0.15, 0.2) is 5.96 Å². The van der Waals surface area contributed by atoms with Crippen LogP contribution in [0.5, 0.6) is 0 Å². The van der Waals surface area contributed by atoms with Gasteiger partial charge in [0, 0.05) is 37.6 Å². The van der Waals surface area contributed by atoms with E-state index in [4.69, 9.17) is 5.73 Å². The highest BCUT2D eigenvalue weighted by molar-refractivity contribution is 14.0. The largest absolute Gasteiger partial charge is 0.370 e. The minimum Gasteiger partial charge on any atom is -0.370 e. The number of guanidine groups is 1. The van der Waals surface area contributed by atoms with Gasteiger partial charge in [0.25, 0.3) is 0 Å². The van der Waals surface area contributed by atoms with Crippen molar-refractivity contribution in [3.05, 3.63) is 21.9 Å². The van der Waals surface area contributed by atoms with Gasteiger partial charge < -0.3 is 10.6 Å². The summed E-state index contributed by atoms with van der Waals surface area (Å²) in [5.74, 6) is 1.58. The Bertz CT molecular complexity index is 494. The quantitative estimate of drug-likeness (QED) is 0.452. The van der Waals surface area contributed by atoms with E-state index in [-0.39, 0.29) is 24.0 Å². The fourth-order valence-corrected chi connectivity index (χ4v) is 4.03. The zero-order valence-electron chi connectivity index (χ0n) is 13.3. The third-order valence-electron chi connectivity index (χ3n) is 4.68. The first kappa shape index (κ1) is 18.0. The Morgan fingerprint density at radius 3 is 2.91 bits per heavy atom. The molecule has 2 N–H and O–H groups in total. The molecule has 1 fully saturated rings. The molecule has 124 valence electrons. The maximum Gasteiger partial charge on any atom is 0.191 e. The molecule has 0 aliphatic carbocycles. The lowest BCUT2D eigenvalue weighted by molar-refractivity contribution is 0.260. The van der Waals surface area contributed by atoms with Crippen LogP contribution >= 0.6 is 35.3 Å². The summed E-state index contributed by atoms with van der Waals surface area (Å²) in [6, 6.07) is 2.26. The lowest BCUT2D eigenvalue weighted by Crippen LogP contribution is -2.43. The molecule has 4 nitrogen and oxygen atoms in total. The zero-order chi connectivity index (χ0) is 14.7. The van der Waals surface area contributed by atoms with Crippen LogP contribution in [0, 0.1) is 5.92 Å². The summed E-state index contributed by atoms with van der Waals surface area (Å²) in [6.45, 7) is 8.52. The van der Waals surface area contributed by atoms with Gasteiger partial charge in [0.2, 0.25) is 0 Å². The average molecular weight is 434 g/mol. The van der Waals surface area contributed by atoms with E-state index in [1.165, 1.54) is 24.8 Å². The van der Waals surface area contributed by atoms with E-state index in [9.17, 15) is 0 Å². The number of piperidine rings is 1. The number of fused-ring (bicyclic) bond motifs is 1. The standard InChI is InChI=1S/C16H26N4S.HI/c1-13-2-8-20(9-3-13)16(17)18-6-10-19-7-4-15-14(12-19)5-11-21-15;/h5,11,13H,2-4,6-10,12H2,1H3,(H2,17,18);1H. The van der Waals surface area contributed by atoms with Gasteiger partial charge >= 0.3 is 0 Å². The highest BCUT2D eigenvalue weighted by atomic mass is 127. The monoisotopic (exact) mass is 434 g/mol. The van der Waals surface area contributed by atoms with Crippen molar-refractivity contribution >= 4 is 41.3 Å². The van der Waals surface area contributed by atoms with Crippen molar-refractivity contribution in [1.29, 1.82) is 0 Å². The normalized spacial score (nSPS) is 20.6. The minimum absolute atomic E-state index is 0. The fourth-order valence-electron chi connectivity index (χ4n) is 3.14. The number of nitrogens with two attached hydrogens (primary N) is 1. The van der Waals surface area contributed by atoms with Crippen molar-refractivity contribution in [3.63, 3.8) is 0 Å². The Balaban J connectivity index is 0.00000176. The first-order valence-corrected chi connectivity index (χ1v) is 8.93. The number of rotatable bonds is 3. The summed E-state index contributed by atoms with van der Waals surface area (Å²) in [4.78, 5) is 10.9. The molecule has 0 amide bonds. The van der Waals surface area contributed by atoms with Gasteiger partial charge in [-0.15, -0.1) is 35.3 Å². The van der Waals surface area contributed by atoms with Crippen molar-refractivity contribution in [2.45, 2.75) is 32.7 Å². The predicted molar refractivity (Wildman–Crippen MR) is 105 cm³/mol. The first-order valence-electron chi connectivity index (χ1n) is 8.05. The Morgan fingerprint density at radius 2 is 2.14 bits per heavy atom. The van der Waals surface area contributed by atoms with Gasteiger partial charge in [0.05, 0.1) is 6.54 Å². The van der Waals surface area contributed by atoms with Crippen molar-refractivity contribution in [3.8, 4) is 0 Å². The van der Waals surface area contributed by atoms with Gasteiger partial charge in [-0.05, 0) is 42.2 Å². The molecule has 2 aliphatic rings. The summed E-state index contributed by atoms with van der Waals surface area (Å²) in [5.41, 5.74) is 7.64. The molecule has 0 bridgehead atoms. The zero-order valence-corrected chi connectivity index (χ0v) is 16.5. The second kappa shape index (κ2) is 8.49. The highest BCUT2D eigenvalue weighted by Gasteiger charge is 2.18. The lowest BCUT2D eigenvalue weighted by atomic mass is 10.00. The number of aliphatic imine (C=N–C) groups is 1. The second-order valence-electron chi connectivity index (χ2n) is 6.30. The third-order valence-corrected chi connectivity index (χ3v) is 5.71. The summed E-state index contributed by atoms with van der Waals surface area (Å²) < 4.78 is 0. The molecule has 6 heteroatoms. The van der Waals surface area contributed by atoms with E-state index in [1.807, 2.05) is 11.3 Å². The topological polar surface area (TPSA) is 44.9 Å². The predicted octanol–water partition coefficient (Wildman–Crippen LogP) is 2.77. The number of hydrogen-bond acceptors (Lipinski definition) is 3. The van der Waals surface area contributed by atoms with Gasteiger partial charge in [-0.25, -0.2) is 0 Å². The van der Waals surface area contributed by atoms with Crippen LogP contribution < -0.4 is 5.73 Å². The number of likely N-dealkylation sites (tertiary alicyclic amines) is 1. The SMILES string of the molecule is CC1CCN(C(N)=NCCN2CCc3sccc3C2)CC1.I. The molecule has 1 saturated heterocycles. The maximum absolute atomic E-state index is 6.13. The van der Waals surface area contributed by atoms with E-state index in [2.05, 4.69) is 33.2 Å². The molecule has 1 aromatic rings. The molecule has 0 saturated carbocycles. The number of nitrogens with zero attached hydrogens (tertiary/aromatic N) is 3. The Kier molecular flexibility index (Phi) is 6.95. The van der Waals surface area contributed by atoms with Crippen molar-refractivity contribution < 1.29 is 0 Å². The molecule has 2 aliphatic heterocycles. The number of thiophene rings is 1. The molecule has 0 atom stereocenters. The maximum atomic E-state index is 6.13. The van der Waals surface area contributed by atoms with Crippen LogP contribution in [0.3, 0.4) is 0 Å². The van der Waals surface area contributed by atoms with E-state index < -0.39 is 0 Å². The average Bonchev–Trinajstić information content (AvgIpc) is 2.95. The van der Waals surface area contributed by atoms with Crippen molar-refractivity contribution in [1.82, 2.24) is 9.80 Å². The third kappa shape index (κ3) is 4.58. The van der Waals surface area contributed by atoms with Gasteiger partial charge in [-0.1, -0.05) is 6.92 Å². The molecule has 0 spiro atoms. The number of hydrogen-bond donors (Lipinski definition) is 1. The summed E-state index contributed by atoms with van der Waals surface area (Å²) in [5, 5.41) is 2.21. The molecule has 0 aromatic carbocycles. The van der Waals surface area contributed by atoms with Crippen LogP contribution in [0.1, 0.15) is 30.2 Å². The Hall–Kier alpha value is -0.340. The molecule has 3 heterocycles. The highest BCUT2D eigenvalue weighted by Crippen LogP contribution is 2.23. The Labute approximate surface area is 154 Å². The minimum atomic E-state index is 0. The molecule has 3 rings (SSSR count). The molecule has 22 heavy (non-hydrogen) atoms. The van der Waals surface area contributed by atoms with Crippen LogP contribution in [0.2, 0.25) is 0 Å². The van der Waals surface area contributed by atoms with Crippen LogP contribution in [0.15, 0.2) is 16.4 Å². The molecule has 0 unspecified atom stereocenters. The van der Waals surface area contributed by atoms with Crippen molar-refractivity contribution in [2.75, 3.05) is 32.7 Å². The van der Waals surface area contributed by atoms with E-state index in [1.54, 1.807) is 4.88 Å². The summed E-state index contributed by atoms with van der Waals surface area (Å²) in [7, 11) is 0. The van der Waals surface area contributed by atoms with Gasteiger partial charge in [-0.2, -0.15) is 0 Å². The molecular formula is C16H27IN4S.